The van der Waals surface area contributed by atoms with Crippen LogP contribution in [0.4, 0.5) is 10.1 Å². The minimum Gasteiger partial charge on any atom is -0.469 e. The van der Waals surface area contributed by atoms with E-state index in [9.17, 15) is 18.8 Å². The molecule has 1 aliphatic rings. The second-order valence-corrected chi connectivity index (χ2v) is 6.20. The maximum atomic E-state index is 14.2. The highest BCUT2D eigenvalue weighted by Gasteiger charge is 2.32. The summed E-state index contributed by atoms with van der Waals surface area (Å²) >= 11 is 0. The van der Waals surface area contributed by atoms with E-state index in [-0.39, 0.29) is 42.2 Å². The summed E-state index contributed by atoms with van der Waals surface area (Å²) in [6, 6.07) is 0. The number of allylic oxidation sites excluding steroid dienone is 2. The van der Waals surface area contributed by atoms with Crippen molar-refractivity contribution in [3.05, 3.63) is 46.0 Å². The summed E-state index contributed by atoms with van der Waals surface area (Å²) in [5.74, 6) is -1.62. The molecular weight excluding hydrogens is 353 g/mol. The Balaban J connectivity index is 2.54. The summed E-state index contributed by atoms with van der Waals surface area (Å²) in [6.07, 6.45) is 4.11. The van der Waals surface area contributed by atoms with Gasteiger partial charge in [-0.05, 0) is 37.8 Å². The molecule has 0 unspecified atom stereocenters. The quantitative estimate of drug-likeness (QED) is 0.312. The van der Waals surface area contributed by atoms with Crippen molar-refractivity contribution in [3.8, 4) is 0 Å². The van der Waals surface area contributed by atoms with Gasteiger partial charge >= 0.3 is 11.9 Å². The predicted octanol–water partition coefficient (Wildman–Crippen LogP) is 4.01. The van der Waals surface area contributed by atoms with Crippen LogP contribution in [0.1, 0.15) is 52.4 Å². The summed E-state index contributed by atoms with van der Waals surface area (Å²) in [6.45, 7) is 6.87. The van der Waals surface area contributed by atoms with Gasteiger partial charge in [-0.25, -0.2) is 14.0 Å². The van der Waals surface area contributed by atoms with Crippen LogP contribution in [-0.2, 0) is 32.1 Å². The van der Waals surface area contributed by atoms with Crippen molar-refractivity contribution in [3.63, 3.8) is 0 Å². The second kappa shape index (κ2) is 8.56. The fourth-order valence-corrected chi connectivity index (χ4v) is 3.10. The molecule has 1 aromatic rings. The highest BCUT2D eigenvalue weighted by molar-refractivity contribution is 6.01. The fraction of sp³-hybridized carbons (Fsp3) is 0.350. The first-order valence-corrected chi connectivity index (χ1v) is 8.32. The molecule has 0 aliphatic carbocycles. The lowest BCUT2D eigenvalue weighted by Crippen LogP contribution is -2.04. The molecule has 0 aromatic heterocycles. The molecule has 6 nitrogen and oxygen atoms in total. The average molecular weight is 373 g/mol. The fourth-order valence-electron chi connectivity index (χ4n) is 3.10. The number of carbonyl (C=O) groups is 2. The molecule has 0 bridgehead atoms. The molecule has 0 saturated carbocycles. The number of cyclic esters (lactones) is 1. The summed E-state index contributed by atoms with van der Waals surface area (Å²) in [7, 11) is 1.32. The van der Waals surface area contributed by atoms with E-state index >= 15 is 0 Å². The summed E-state index contributed by atoms with van der Waals surface area (Å²) in [5, 5.41) is 0. The number of methoxy groups -OCH3 is 1. The Bertz CT molecular complexity index is 894. The van der Waals surface area contributed by atoms with Crippen LogP contribution < -0.4 is 0 Å². The van der Waals surface area contributed by atoms with E-state index in [0.717, 1.165) is 5.57 Å². The molecule has 0 atom stereocenters. The molecule has 0 amide bonds. The molecule has 0 spiro atoms. The highest BCUT2D eigenvalue weighted by Crippen LogP contribution is 2.41. The van der Waals surface area contributed by atoms with Crippen LogP contribution in [0.2, 0.25) is 0 Å². The van der Waals surface area contributed by atoms with Crippen LogP contribution in [0.3, 0.4) is 0 Å². The molecule has 0 N–H and O–H groups in total. The second-order valence-electron chi connectivity index (χ2n) is 6.20. The minimum absolute atomic E-state index is 0.00403. The largest absolute Gasteiger partial charge is 0.469 e. The number of benzene rings is 1. The minimum atomic E-state index is -0.687. The van der Waals surface area contributed by atoms with E-state index < -0.39 is 11.8 Å². The number of hydrogen-bond donors (Lipinski definition) is 0. The first-order valence-electron chi connectivity index (χ1n) is 8.32. The number of ether oxygens (including phenoxy) is 2. The number of esters is 2. The van der Waals surface area contributed by atoms with E-state index in [4.69, 9.17) is 4.74 Å². The number of hydrogen-bond acceptors (Lipinski definition) is 6. The molecule has 0 saturated heterocycles. The number of nitrogens with zero attached hydrogens (tertiary/aromatic N) is 1. The third kappa shape index (κ3) is 4.20. The zero-order chi connectivity index (χ0) is 20.1. The van der Waals surface area contributed by atoms with Crippen LogP contribution in [0.15, 0.2) is 23.2 Å². The van der Waals surface area contributed by atoms with Crippen molar-refractivity contribution in [2.75, 3.05) is 7.11 Å². The van der Waals surface area contributed by atoms with Crippen molar-refractivity contribution >= 4 is 29.5 Å². The van der Waals surface area contributed by atoms with Gasteiger partial charge in [-0.15, -0.1) is 0 Å². The summed E-state index contributed by atoms with van der Waals surface area (Å²) < 4.78 is 23.9. The predicted molar refractivity (Wildman–Crippen MR) is 96.9 cm³/mol. The van der Waals surface area contributed by atoms with Gasteiger partial charge in [0.1, 0.15) is 12.4 Å². The first-order chi connectivity index (χ1) is 12.8. The van der Waals surface area contributed by atoms with Gasteiger partial charge in [0.2, 0.25) is 6.08 Å². The van der Waals surface area contributed by atoms with E-state index in [1.165, 1.54) is 13.2 Å². The molecule has 27 heavy (non-hydrogen) atoms. The number of rotatable bonds is 7. The Labute approximate surface area is 156 Å². The molecule has 1 aromatic carbocycles. The van der Waals surface area contributed by atoms with Gasteiger partial charge in [0.05, 0.1) is 18.4 Å². The van der Waals surface area contributed by atoms with E-state index in [2.05, 4.69) is 16.3 Å². The zero-order valence-electron chi connectivity index (χ0n) is 15.5. The van der Waals surface area contributed by atoms with E-state index in [0.29, 0.717) is 23.1 Å². The Hall–Kier alpha value is -3.05. The summed E-state index contributed by atoms with van der Waals surface area (Å²) in [4.78, 5) is 37.9. The molecule has 2 rings (SSSR count). The van der Waals surface area contributed by atoms with Crippen LogP contribution in [0, 0.1) is 6.92 Å². The van der Waals surface area contributed by atoms with Gasteiger partial charge in [0.25, 0.3) is 0 Å². The third-order valence-corrected chi connectivity index (χ3v) is 4.54. The monoisotopic (exact) mass is 373 g/mol. The van der Waals surface area contributed by atoms with Gasteiger partial charge in [-0.2, -0.15) is 4.99 Å². The van der Waals surface area contributed by atoms with Crippen molar-refractivity contribution in [1.82, 2.24) is 0 Å². The number of isocyanates is 1. The Morgan fingerprint density at radius 3 is 2.74 bits per heavy atom. The number of fused-ring (bicyclic) bond motifs is 1. The van der Waals surface area contributed by atoms with Crippen LogP contribution in [0.5, 0.6) is 0 Å². The molecule has 0 fully saturated rings. The molecule has 0 radical (unpaired) electrons. The maximum absolute atomic E-state index is 14.2. The molecule has 1 aliphatic heterocycles. The van der Waals surface area contributed by atoms with Gasteiger partial charge in [-0.3, -0.25) is 4.79 Å². The molecular formula is C20H20FNO5. The topological polar surface area (TPSA) is 82.0 Å². The smallest absolute Gasteiger partial charge is 0.341 e. The third-order valence-electron chi connectivity index (χ3n) is 4.54. The number of aliphatic imine (C=N–C) groups is 1. The lowest BCUT2D eigenvalue weighted by molar-refractivity contribution is -0.140. The standard InChI is InChI=1S/C20H20FNO5/c1-11(6-8-16(24)26-4)5-7-14-17(13(3)21)12(2)15-9-27-20(25)18(15)19(14)22-10-23/h5H,3,6-9H2,1-2,4H3. The SMILES string of the molecule is C=C(F)c1c(C)c2c(c(N=C=O)c1CC=C(C)CCC(=O)OC)C(=O)OC2. The Morgan fingerprint density at radius 2 is 2.15 bits per heavy atom. The van der Waals surface area contributed by atoms with Crippen molar-refractivity contribution < 1.29 is 28.2 Å². The molecule has 7 heteroatoms. The summed E-state index contributed by atoms with van der Waals surface area (Å²) in [5.41, 5.74) is 2.69. The maximum Gasteiger partial charge on any atom is 0.341 e. The molecule has 1 heterocycles. The van der Waals surface area contributed by atoms with Crippen LogP contribution in [0.25, 0.3) is 5.83 Å². The average Bonchev–Trinajstić information content (AvgIpc) is 3.02. The van der Waals surface area contributed by atoms with Gasteiger partial charge in [0, 0.05) is 17.5 Å². The normalized spacial score (nSPS) is 12.9. The van der Waals surface area contributed by atoms with Crippen molar-refractivity contribution in [2.24, 2.45) is 4.99 Å². The van der Waals surface area contributed by atoms with Gasteiger partial charge < -0.3 is 9.47 Å². The lowest BCUT2D eigenvalue weighted by atomic mass is 9.89. The van der Waals surface area contributed by atoms with E-state index in [1.807, 2.05) is 6.92 Å². The van der Waals surface area contributed by atoms with Crippen molar-refractivity contribution in [2.45, 2.75) is 39.7 Å². The number of halogens is 1. The van der Waals surface area contributed by atoms with Crippen LogP contribution >= 0.6 is 0 Å². The molecule has 142 valence electrons. The Morgan fingerprint density at radius 1 is 1.44 bits per heavy atom. The van der Waals surface area contributed by atoms with Crippen molar-refractivity contribution in [1.29, 1.82) is 0 Å². The lowest BCUT2D eigenvalue weighted by Gasteiger charge is -2.16. The van der Waals surface area contributed by atoms with Gasteiger partial charge in [-0.1, -0.05) is 18.2 Å². The zero-order valence-corrected chi connectivity index (χ0v) is 15.5. The van der Waals surface area contributed by atoms with E-state index in [1.54, 1.807) is 13.0 Å². The first kappa shape index (κ1) is 20.3. The Kier molecular flexibility index (Phi) is 6.42. The number of carbonyl (C=O) groups excluding carboxylic acids is 3. The van der Waals surface area contributed by atoms with Gasteiger partial charge in [0.15, 0.2) is 0 Å². The van der Waals surface area contributed by atoms with Crippen LogP contribution in [-0.4, -0.2) is 25.1 Å². The highest BCUT2D eigenvalue weighted by atomic mass is 19.1.